The third-order valence-electron chi connectivity index (χ3n) is 9.48. The summed E-state index contributed by atoms with van der Waals surface area (Å²) in [5.74, 6) is 1.21. The fourth-order valence-electron chi connectivity index (χ4n) is 7.05. The summed E-state index contributed by atoms with van der Waals surface area (Å²) in [5.41, 5.74) is 6.14. The van der Waals surface area contributed by atoms with E-state index in [1.807, 2.05) is 77.7 Å². The van der Waals surface area contributed by atoms with Gasteiger partial charge in [0.25, 0.3) is 0 Å². The van der Waals surface area contributed by atoms with E-state index in [0.29, 0.717) is 31.8 Å². The van der Waals surface area contributed by atoms with E-state index in [1.165, 1.54) is 16.7 Å². The Morgan fingerprint density at radius 2 is 1.26 bits per heavy atom. The molecule has 2 atom stereocenters. The van der Waals surface area contributed by atoms with E-state index in [1.54, 1.807) is 14.2 Å². The number of aliphatic carboxylic acids is 1. The lowest BCUT2D eigenvalue weighted by molar-refractivity contribution is -0.160. The molecule has 2 unspecified atom stereocenters. The number of nitrogens with zero attached hydrogens (tertiary/aromatic N) is 1. The highest BCUT2D eigenvalue weighted by molar-refractivity contribution is 5.90. The number of methoxy groups -OCH3 is 2. The van der Waals surface area contributed by atoms with Gasteiger partial charge >= 0.3 is 5.97 Å². The molecule has 7 nitrogen and oxygen atoms in total. The number of nitrogens with one attached hydrogen (secondary N) is 1. The third-order valence-corrected chi connectivity index (χ3v) is 9.48. The number of β-lactam (4-membered cyclic amide) rings is 1. The largest absolute Gasteiger partial charge is 0.497 e. The van der Waals surface area contributed by atoms with Gasteiger partial charge in [-0.1, -0.05) is 87.6 Å². The molecule has 7 heteroatoms. The molecule has 1 aliphatic heterocycles. The van der Waals surface area contributed by atoms with Crippen LogP contribution in [0.5, 0.6) is 11.5 Å². The Labute approximate surface area is 279 Å². The van der Waals surface area contributed by atoms with Crippen molar-refractivity contribution >= 4 is 11.9 Å². The fourth-order valence-corrected chi connectivity index (χ4v) is 7.05. The van der Waals surface area contributed by atoms with Crippen LogP contribution in [0.1, 0.15) is 48.2 Å². The summed E-state index contributed by atoms with van der Waals surface area (Å²) in [7, 11) is 3.31. The zero-order valence-corrected chi connectivity index (χ0v) is 25.9. The normalized spacial score (nSPS) is 20.0. The van der Waals surface area contributed by atoms with Gasteiger partial charge in [0.05, 0.1) is 25.0 Å². The fraction of sp³-hybridized carbons (Fsp3) is 0.350. The number of carbonyl (C=O) groups excluding carboxylic acids is 1. The maximum atomic E-state index is 12.7. The Bertz CT molecular complexity index is 1680. The molecule has 1 amide bonds. The number of ether oxygens (including phenoxy) is 2. The second-order valence-corrected chi connectivity index (χ2v) is 12.6. The van der Waals surface area contributed by atoms with Crippen LogP contribution in [0.25, 0.3) is 0 Å². The Hall–Kier alpha value is -4.62. The predicted molar refractivity (Wildman–Crippen MR) is 187 cm³/mol. The van der Waals surface area contributed by atoms with Crippen LogP contribution < -0.4 is 14.8 Å². The monoisotopic (exact) mass is 636 g/mol. The molecule has 1 heterocycles. The summed E-state index contributed by atoms with van der Waals surface area (Å²) in [6.45, 7) is 2.71. The van der Waals surface area contributed by atoms with Gasteiger partial charge in [-0.3, -0.25) is 9.59 Å². The van der Waals surface area contributed by atoms with Gasteiger partial charge in [0, 0.05) is 26.2 Å². The zero-order valence-electron chi connectivity index (χ0n) is 25.9. The lowest BCUT2D eigenvalue weighted by Gasteiger charge is -2.47. The molecule has 1 fully saturated rings. The van der Waals surface area contributed by atoms with E-state index < -0.39 is 11.4 Å². The van der Waals surface area contributed by atoms with E-state index in [9.17, 15) is 14.7 Å². The molecule has 1 saturated heterocycles. The Balaban J connectivity index is 0.000000204. The second-order valence-electron chi connectivity index (χ2n) is 12.6. The Morgan fingerprint density at radius 1 is 0.745 bits per heavy atom. The van der Waals surface area contributed by atoms with Crippen molar-refractivity contribution in [2.45, 2.75) is 53.6 Å². The highest BCUT2D eigenvalue weighted by atomic mass is 16.5. The first kappa shape index (κ1) is 35.2. The number of fused-ring (bicyclic) bond motifs is 2. The van der Waals surface area contributed by atoms with Gasteiger partial charge in [-0.15, -0.1) is 0 Å². The number of carbonyl (C=O) groups is 2. The Morgan fingerprint density at radius 3 is 1.81 bits per heavy atom. The summed E-state index contributed by atoms with van der Waals surface area (Å²) in [6.07, 6.45) is 2.82. The van der Waals surface area contributed by atoms with Crippen LogP contribution in [0, 0.1) is 10.8 Å². The minimum absolute atomic E-state index is 0. The third kappa shape index (κ3) is 7.36. The number of hydrogen-bond acceptors (Lipinski definition) is 5. The van der Waals surface area contributed by atoms with Gasteiger partial charge < -0.3 is 24.8 Å². The molecule has 4 aromatic rings. The van der Waals surface area contributed by atoms with Gasteiger partial charge in [0.1, 0.15) is 11.5 Å². The SMILES string of the molecule is C.C.COc1ccc2c(c1)CC(CNCc1ccccc1)(C(=O)O)C2.COc1ccc2c(c1)CC1(C2)CN(Cc2ccccc2)C1=O. The average Bonchev–Trinajstić information content (AvgIpc) is 3.65. The highest BCUT2D eigenvalue weighted by Crippen LogP contribution is 2.46. The van der Waals surface area contributed by atoms with Crippen molar-refractivity contribution in [1.29, 1.82) is 0 Å². The van der Waals surface area contributed by atoms with Crippen LogP contribution in [-0.2, 0) is 48.4 Å². The van der Waals surface area contributed by atoms with Gasteiger partial charge in [-0.05, 0) is 83.3 Å². The minimum atomic E-state index is -0.774. The zero-order chi connectivity index (χ0) is 31.4. The topological polar surface area (TPSA) is 88.1 Å². The molecule has 4 aromatic carbocycles. The van der Waals surface area contributed by atoms with E-state index in [-0.39, 0.29) is 20.3 Å². The minimum Gasteiger partial charge on any atom is -0.497 e. The molecule has 0 saturated carbocycles. The quantitative estimate of drug-likeness (QED) is 0.198. The standard InChI is InChI=1S/C19H21NO3.C19H19NO2.2CH4/c1-23-17-8-7-15-10-19(18(21)22,11-16(15)9-17)13-20-12-14-5-3-2-4-6-14;1-22-17-8-7-15-10-19(11-16(15)9-17)13-20(18(19)21)12-14-5-3-2-4-6-14;;/h2-9,20H,10-13H2,1H3,(H,21,22);2-9H,10-13H2,1H3;2*1H4. The number of benzene rings is 4. The van der Waals surface area contributed by atoms with E-state index >= 15 is 0 Å². The molecule has 3 aliphatic rings. The number of carboxylic acids is 1. The smallest absolute Gasteiger partial charge is 0.311 e. The molecule has 1 spiro atoms. The molecule has 248 valence electrons. The average molecular weight is 637 g/mol. The van der Waals surface area contributed by atoms with Crippen LogP contribution in [0.4, 0.5) is 0 Å². The molecule has 47 heavy (non-hydrogen) atoms. The second kappa shape index (κ2) is 14.9. The summed E-state index contributed by atoms with van der Waals surface area (Å²) >= 11 is 0. The van der Waals surface area contributed by atoms with Gasteiger partial charge in [0.15, 0.2) is 0 Å². The van der Waals surface area contributed by atoms with E-state index in [0.717, 1.165) is 54.1 Å². The lowest BCUT2D eigenvalue weighted by Crippen LogP contribution is -2.61. The number of rotatable bonds is 9. The van der Waals surface area contributed by atoms with Crippen molar-refractivity contribution in [1.82, 2.24) is 10.2 Å². The van der Waals surface area contributed by atoms with Gasteiger partial charge in [-0.25, -0.2) is 0 Å². The molecule has 7 rings (SSSR count). The van der Waals surface area contributed by atoms with Gasteiger partial charge in [0.2, 0.25) is 5.91 Å². The lowest BCUT2D eigenvalue weighted by atomic mass is 9.76. The van der Waals surface area contributed by atoms with Crippen LogP contribution in [0.15, 0.2) is 97.1 Å². The first-order valence-corrected chi connectivity index (χ1v) is 15.5. The van der Waals surface area contributed by atoms with Crippen molar-refractivity contribution < 1.29 is 24.2 Å². The van der Waals surface area contributed by atoms with Crippen LogP contribution in [0.2, 0.25) is 0 Å². The maximum absolute atomic E-state index is 12.7. The summed E-state index contributed by atoms with van der Waals surface area (Å²) in [6, 6.07) is 32.2. The van der Waals surface area contributed by atoms with Crippen molar-refractivity contribution in [2.24, 2.45) is 10.8 Å². The first-order valence-electron chi connectivity index (χ1n) is 15.5. The number of carboxylic acid groups (broad SMARTS) is 1. The molecular weight excluding hydrogens is 588 g/mol. The van der Waals surface area contributed by atoms with Crippen molar-refractivity contribution in [3.05, 3.63) is 130 Å². The molecule has 2 aliphatic carbocycles. The number of hydrogen-bond donors (Lipinski definition) is 2. The maximum Gasteiger partial charge on any atom is 0.311 e. The molecule has 0 aromatic heterocycles. The first-order chi connectivity index (χ1) is 21.8. The summed E-state index contributed by atoms with van der Waals surface area (Å²) < 4.78 is 10.5. The summed E-state index contributed by atoms with van der Waals surface area (Å²) in [4.78, 5) is 26.6. The molecular formula is C40H48N2O5. The predicted octanol–water partition coefficient (Wildman–Crippen LogP) is 6.75. The molecule has 0 radical (unpaired) electrons. The number of amides is 1. The summed E-state index contributed by atoms with van der Waals surface area (Å²) in [5, 5.41) is 13.1. The highest BCUT2D eigenvalue weighted by Gasteiger charge is 2.54. The van der Waals surface area contributed by atoms with Crippen molar-refractivity contribution in [3.63, 3.8) is 0 Å². The molecule has 0 bridgehead atoms. The van der Waals surface area contributed by atoms with Crippen LogP contribution in [0.3, 0.4) is 0 Å². The van der Waals surface area contributed by atoms with Crippen LogP contribution >= 0.6 is 0 Å². The van der Waals surface area contributed by atoms with Crippen molar-refractivity contribution in [3.8, 4) is 11.5 Å². The van der Waals surface area contributed by atoms with E-state index in [4.69, 9.17) is 9.47 Å². The Kier molecular flexibility index (Phi) is 11.1. The van der Waals surface area contributed by atoms with Crippen molar-refractivity contribution in [2.75, 3.05) is 27.3 Å². The van der Waals surface area contributed by atoms with E-state index in [2.05, 4.69) is 29.6 Å². The number of likely N-dealkylation sites (tertiary alicyclic amines) is 1. The van der Waals surface area contributed by atoms with Crippen LogP contribution in [-0.4, -0.2) is 49.2 Å². The van der Waals surface area contributed by atoms with Gasteiger partial charge in [-0.2, -0.15) is 0 Å². The molecule has 2 N–H and O–H groups in total.